The van der Waals surface area contributed by atoms with E-state index in [0.717, 1.165) is 37.8 Å². The summed E-state index contributed by atoms with van der Waals surface area (Å²) in [5.74, 6) is 0.841. The maximum Gasteiger partial charge on any atom is 0.191 e. The van der Waals surface area contributed by atoms with E-state index in [9.17, 15) is 0 Å². The number of nitrogens with one attached hydrogen (secondary N) is 2. The van der Waals surface area contributed by atoms with E-state index in [4.69, 9.17) is 4.74 Å². The van der Waals surface area contributed by atoms with Gasteiger partial charge in [-0.3, -0.25) is 0 Å². The van der Waals surface area contributed by atoms with Crippen molar-refractivity contribution in [1.29, 1.82) is 0 Å². The van der Waals surface area contributed by atoms with Gasteiger partial charge in [-0.05, 0) is 26.2 Å². The summed E-state index contributed by atoms with van der Waals surface area (Å²) in [7, 11) is 0. The van der Waals surface area contributed by atoms with Crippen molar-refractivity contribution in [3.05, 3.63) is 16.1 Å². The molecule has 25 heavy (non-hydrogen) atoms. The largest absolute Gasteiger partial charge is 0.376 e. The Morgan fingerprint density at radius 1 is 1.24 bits per heavy atom. The SMILES string of the molecule is CCNC(=NCc1csc(CC)n1)NCCOC1CCCCCC1.I. The van der Waals surface area contributed by atoms with Gasteiger partial charge in [-0.25, -0.2) is 9.98 Å². The molecule has 0 atom stereocenters. The third-order valence-corrected chi connectivity index (χ3v) is 5.24. The normalized spacial score (nSPS) is 16.2. The third kappa shape index (κ3) is 9.19. The van der Waals surface area contributed by atoms with Gasteiger partial charge in [0, 0.05) is 18.5 Å². The zero-order chi connectivity index (χ0) is 17.0. The van der Waals surface area contributed by atoms with Gasteiger partial charge in [-0.15, -0.1) is 35.3 Å². The van der Waals surface area contributed by atoms with Crippen molar-refractivity contribution in [2.45, 2.75) is 71.4 Å². The molecule has 1 heterocycles. The van der Waals surface area contributed by atoms with E-state index in [1.54, 1.807) is 11.3 Å². The second-order valence-electron chi connectivity index (χ2n) is 6.19. The van der Waals surface area contributed by atoms with Gasteiger partial charge in [0.15, 0.2) is 5.96 Å². The molecule has 1 aliphatic rings. The summed E-state index contributed by atoms with van der Waals surface area (Å²) in [4.78, 5) is 9.17. The fraction of sp³-hybridized carbons (Fsp3) is 0.778. The summed E-state index contributed by atoms with van der Waals surface area (Å²) < 4.78 is 6.02. The molecule has 0 unspecified atom stereocenters. The van der Waals surface area contributed by atoms with Crippen LogP contribution >= 0.6 is 35.3 Å². The maximum atomic E-state index is 6.02. The first-order valence-corrected chi connectivity index (χ1v) is 10.3. The van der Waals surface area contributed by atoms with E-state index >= 15 is 0 Å². The van der Waals surface area contributed by atoms with E-state index in [2.05, 4.69) is 39.8 Å². The van der Waals surface area contributed by atoms with Crippen LogP contribution in [0.5, 0.6) is 0 Å². The number of nitrogens with zero attached hydrogens (tertiary/aromatic N) is 2. The number of thiazole rings is 1. The Hall–Kier alpha value is -0.410. The summed E-state index contributed by atoms with van der Waals surface area (Å²) in [6.07, 6.45) is 9.25. The van der Waals surface area contributed by atoms with Gasteiger partial charge in [0.25, 0.3) is 0 Å². The van der Waals surface area contributed by atoms with Crippen LogP contribution in [-0.4, -0.2) is 36.7 Å². The predicted octanol–water partition coefficient (Wildman–Crippen LogP) is 4.12. The first-order chi connectivity index (χ1) is 11.8. The topological polar surface area (TPSA) is 58.5 Å². The fourth-order valence-corrected chi connectivity index (χ4v) is 3.63. The van der Waals surface area contributed by atoms with Crippen LogP contribution in [0.15, 0.2) is 10.4 Å². The predicted molar refractivity (Wildman–Crippen MR) is 117 cm³/mol. The second kappa shape index (κ2) is 13.7. The zero-order valence-corrected chi connectivity index (χ0v) is 18.7. The Balaban J connectivity index is 0.00000312. The number of halogens is 1. The molecule has 5 nitrogen and oxygen atoms in total. The third-order valence-electron chi connectivity index (χ3n) is 4.20. The van der Waals surface area contributed by atoms with Crippen LogP contribution in [0.4, 0.5) is 0 Å². The van der Waals surface area contributed by atoms with E-state index < -0.39 is 0 Å². The van der Waals surface area contributed by atoms with Crippen LogP contribution in [-0.2, 0) is 17.7 Å². The van der Waals surface area contributed by atoms with Crippen molar-refractivity contribution in [2.24, 2.45) is 4.99 Å². The number of aryl methyl sites for hydroxylation is 1. The highest BCUT2D eigenvalue weighted by Crippen LogP contribution is 2.19. The van der Waals surface area contributed by atoms with Crippen LogP contribution in [0.1, 0.15) is 63.1 Å². The van der Waals surface area contributed by atoms with E-state index in [1.165, 1.54) is 43.5 Å². The van der Waals surface area contributed by atoms with E-state index in [-0.39, 0.29) is 24.0 Å². The van der Waals surface area contributed by atoms with Crippen LogP contribution in [0, 0.1) is 0 Å². The number of hydrogen-bond acceptors (Lipinski definition) is 4. The molecule has 1 aromatic heterocycles. The molecule has 0 spiro atoms. The standard InChI is InChI=1S/C18H32N4OS.HI/c1-3-17-22-15(14-24-17)13-21-18(19-4-2)20-11-12-23-16-9-7-5-6-8-10-16;/h14,16H,3-13H2,1-2H3,(H2,19,20,21);1H. The first-order valence-electron chi connectivity index (χ1n) is 9.38. The quantitative estimate of drug-likeness (QED) is 0.193. The van der Waals surface area contributed by atoms with Crippen molar-refractivity contribution < 1.29 is 4.74 Å². The number of hydrogen-bond donors (Lipinski definition) is 2. The molecule has 144 valence electrons. The van der Waals surface area contributed by atoms with Crippen molar-refractivity contribution in [3.8, 4) is 0 Å². The summed E-state index contributed by atoms with van der Waals surface area (Å²) in [5.41, 5.74) is 1.05. The van der Waals surface area contributed by atoms with Gasteiger partial charge in [-0.1, -0.05) is 32.6 Å². The van der Waals surface area contributed by atoms with Crippen molar-refractivity contribution >= 4 is 41.3 Å². The van der Waals surface area contributed by atoms with Crippen molar-refractivity contribution in [1.82, 2.24) is 15.6 Å². The maximum absolute atomic E-state index is 6.02. The van der Waals surface area contributed by atoms with Crippen LogP contribution in [0.3, 0.4) is 0 Å². The van der Waals surface area contributed by atoms with Gasteiger partial charge >= 0.3 is 0 Å². The molecule has 0 aliphatic heterocycles. The summed E-state index contributed by atoms with van der Waals surface area (Å²) in [6.45, 7) is 7.22. The minimum absolute atomic E-state index is 0. The summed E-state index contributed by atoms with van der Waals surface area (Å²) in [6, 6.07) is 0. The lowest BCUT2D eigenvalue weighted by Gasteiger charge is -2.16. The van der Waals surface area contributed by atoms with Crippen LogP contribution in [0.2, 0.25) is 0 Å². The number of rotatable bonds is 8. The molecule has 7 heteroatoms. The van der Waals surface area contributed by atoms with Crippen LogP contribution in [0.25, 0.3) is 0 Å². The number of ether oxygens (including phenoxy) is 1. The van der Waals surface area contributed by atoms with E-state index in [0.29, 0.717) is 12.6 Å². The average Bonchev–Trinajstić information content (AvgIpc) is 2.91. The Kier molecular flexibility index (Phi) is 12.4. The lowest BCUT2D eigenvalue weighted by molar-refractivity contribution is 0.0468. The molecule has 1 saturated carbocycles. The smallest absolute Gasteiger partial charge is 0.191 e. The molecule has 0 amide bonds. The molecule has 0 saturated heterocycles. The monoisotopic (exact) mass is 480 g/mol. The molecule has 2 rings (SSSR count). The molecular weight excluding hydrogens is 447 g/mol. The number of guanidine groups is 1. The lowest BCUT2D eigenvalue weighted by Crippen LogP contribution is -2.39. The zero-order valence-electron chi connectivity index (χ0n) is 15.6. The number of aromatic nitrogens is 1. The minimum Gasteiger partial charge on any atom is -0.376 e. The number of aliphatic imine (C=N–C) groups is 1. The van der Waals surface area contributed by atoms with Gasteiger partial charge in [0.05, 0.1) is 30.0 Å². The lowest BCUT2D eigenvalue weighted by atomic mass is 10.1. The average molecular weight is 480 g/mol. The highest BCUT2D eigenvalue weighted by molar-refractivity contribution is 14.0. The Bertz CT molecular complexity index is 487. The highest BCUT2D eigenvalue weighted by atomic mass is 127. The first kappa shape index (κ1) is 22.6. The van der Waals surface area contributed by atoms with Crippen molar-refractivity contribution in [3.63, 3.8) is 0 Å². The van der Waals surface area contributed by atoms with Gasteiger partial charge in [0.2, 0.25) is 0 Å². The molecule has 1 fully saturated rings. The summed E-state index contributed by atoms with van der Waals surface area (Å²) in [5, 5.41) is 9.91. The van der Waals surface area contributed by atoms with Gasteiger partial charge < -0.3 is 15.4 Å². The Labute approximate surface area is 173 Å². The molecular formula is C18H33IN4OS. The highest BCUT2D eigenvalue weighted by Gasteiger charge is 2.12. The summed E-state index contributed by atoms with van der Waals surface area (Å²) >= 11 is 1.71. The fourth-order valence-electron chi connectivity index (χ4n) is 2.89. The molecule has 1 aromatic rings. The molecule has 0 bridgehead atoms. The Morgan fingerprint density at radius 2 is 2.00 bits per heavy atom. The molecule has 1 aliphatic carbocycles. The Morgan fingerprint density at radius 3 is 2.64 bits per heavy atom. The molecule has 2 N–H and O–H groups in total. The van der Waals surface area contributed by atoms with Gasteiger partial charge in [0.1, 0.15) is 0 Å². The van der Waals surface area contributed by atoms with Crippen LogP contribution < -0.4 is 10.6 Å². The van der Waals surface area contributed by atoms with Crippen molar-refractivity contribution in [2.75, 3.05) is 19.7 Å². The molecule has 0 aromatic carbocycles. The minimum atomic E-state index is 0. The van der Waals surface area contributed by atoms with Gasteiger partial charge in [-0.2, -0.15) is 0 Å². The second-order valence-corrected chi connectivity index (χ2v) is 7.14. The molecule has 0 radical (unpaired) electrons. The van der Waals surface area contributed by atoms with E-state index in [1.807, 2.05) is 0 Å².